The molecule has 0 bridgehead atoms. The van der Waals surface area contributed by atoms with E-state index in [1.165, 1.54) is 23.1 Å². The summed E-state index contributed by atoms with van der Waals surface area (Å²) in [6, 6.07) is 1.57. The first-order valence-electron chi connectivity index (χ1n) is 6.35. The highest BCUT2D eigenvalue weighted by atomic mass is 32.2. The van der Waals surface area contributed by atoms with Gasteiger partial charge in [-0.3, -0.25) is 9.59 Å². The molecule has 0 aliphatic carbocycles. The van der Waals surface area contributed by atoms with Crippen molar-refractivity contribution in [1.82, 2.24) is 15.2 Å². The van der Waals surface area contributed by atoms with Gasteiger partial charge in [0.1, 0.15) is 0 Å². The zero-order valence-corrected chi connectivity index (χ0v) is 13.5. The molecule has 0 aliphatic rings. The molecule has 0 unspecified atom stereocenters. The molecule has 2 aromatic heterocycles. The molecule has 0 atom stereocenters. The van der Waals surface area contributed by atoms with Crippen LogP contribution in [0.15, 0.2) is 27.9 Å². The van der Waals surface area contributed by atoms with Crippen molar-refractivity contribution in [2.24, 2.45) is 0 Å². The maximum Gasteiger partial charge on any atom is 0.213 e. The predicted octanol–water partition coefficient (Wildman–Crippen LogP) is 0.854. The van der Waals surface area contributed by atoms with Crippen molar-refractivity contribution >= 4 is 46.8 Å². The molecular weight excluding hydrogens is 320 g/mol. The van der Waals surface area contributed by atoms with Crippen LogP contribution in [0.25, 0.3) is 12.2 Å². The van der Waals surface area contributed by atoms with E-state index in [2.05, 4.69) is 27.1 Å². The highest BCUT2D eigenvalue weighted by Crippen LogP contribution is 2.26. The summed E-state index contributed by atoms with van der Waals surface area (Å²) < 4.78 is 0.717. The number of anilines is 1. The van der Waals surface area contributed by atoms with Gasteiger partial charge < -0.3 is 10.3 Å². The Morgan fingerprint density at radius 1 is 1.50 bits per heavy atom. The number of aromatic amines is 1. The molecule has 2 aromatic rings. The van der Waals surface area contributed by atoms with Crippen molar-refractivity contribution in [3.63, 3.8) is 0 Å². The van der Waals surface area contributed by atoms with Crippen LogP contribution in [0.2, 0.25) is 0 Å². The molecular formula is C14H14N4O2S2. The lowest BCUT2D eigenvalue weighted by atomic mass is 10.2. The lowest BCUT2D eigenvalue weighted by molar-refractivity contribution is -0.105. The van der Waals surface area contributed by atoms with E-state index >= 15 is 0 Å². The standard InChI is InChI=1S/C14H14N4O2S2/c1-3-5-10-11(4-2)16-9(6-12(10)20)7-21-14-18-17-13(22-14)15-8-19/h3-6,8,16H,1,7H2,2H3,(H,15,17,19)/b10-5+,11-4+. The molecule has 0 aliphatic heterocycles. The number of hydrogen-bond donors (Lipinski definition) is 2. The first kappa shape index (κ1) is 16.2. The molecule has 0 spiro atoms. The van der Waals surface area contributed by atoms with Gasteiger partial charge in [-0.15, -0.1) is 10.2 Å². The largest absolute Gasteiger partial charge is 0.358 e. The van der Waals surface area contributed by atoms with E-state index in [1.54, 1.807) is 18.2 Å². The second kappa shape index (κ2) is 7.71. The van der Waals surface area contributed by atoms with E-state index in [1.807, 2.05) is 13.0 Å². The Bertz CT molecular complexity index is 854. The Labute approximate surface area is 134 Å². The SMILES string of the molecule is C=C/C=c1/c(=O)cc(CSc2nnc(NC=O)s2)[nH]/c1=C/C. The average Bonchev–Trinajstić information content (AvgIpc) is 2.95. The van der Waals surface area contributed by atoms with Gasteiger partial charge in [-0.05, 0) is 13.0 Å². The summed E-state index contributed by atoms with van der Waals surface area (Å²) in [5.41, 5.74) is 0.743. The molecule has 2 N–H and O–H groups in total. The highest BCUT2D eigenvalue weighted by molar-refractivity contribution is 8.00. The minimum Gasteiger partial charge on any atom is -0.358 e. The molecule has 2 rings (SSSR count). The van der Waals surface area contributed by atoms with Crippen LogP contribution >= 0.6 is 23.1 Å². The van der Waals surface area contributed by atoms with Gasteiger partial charge in [0.25, 0.3) is 0 Å². The number of aromatic nitrogens is 3. The summed E-state index contributed by atoms with van der Waals surface area (Å²) in [5.74, 6) is 0.556. The zero-order valence-electron chi connectivity index (χ0n) is 11.8. The van der Waals surface area contributed by atoms with Crippen molar-refractivity contribution in [2.75, 3.05) is 5.32 Å². The lowest BCUT2D eigenvalue weighted by Crippen LogP contribution is -2.41. The molecule has 6 nitrogen and oxygen atoms in total. The van der Waals surface area contributed by atoms with Gasteiger partial charge in [0.2, 0.25) is 11.5 Å². The number of nitrogens with one attached hydrogen (secondary N) is 2. The van der Waals surface area contributed by atoms with Crippen molar-refractivity contribution in [1.29, 1.82) is 0 Å². The van der Waals surface area contributed by atoms with E-state index in [0.29, 0.717) is 26.9 Å². The summed E-state index contributed by atoms with van der Waals surface area (Å²) in [5, 5.41) is 12.0. The van der Waals surface area contributed by atoms with Gasteiger partial charge in [-0.1, -0.05) is 41.8 Å². The van der Waals surface area contributed by atoms with Crippen LogP contribution in [0.1, 0.15) is 12.6 Å². The predicted molar refractivity (Wildman–Crippen MR) is 90.3 cm³/mol. The molecule has 0 aromatic carbocycles. The Morgan fingerprint density at radius 3 is 3.00 bits per heavy atom. The van der Waals surface area contributed by atoms with Crippen molar-refractivity contribution in [3.8, 4) is 0 Å². The normalized spacial score (nSPS) is 12.4. The summed E-state index contributed by atoms with van der Waals surface area (Å²) in [6.07, 6.45) is 5.69. The molecule has 1 amide bonds. The number of hydrogen-bond acceptors (Lipinski definition) is 6. The van der Waals surface area contributed by atoms with Crippen LogP contribution in [0.3, 0.4) is 0 Å². The van der Waals surface area contributed by atoms with Crippen molar-refractivity contribution in [2.45, 2.75) is 17.0 Å². The number of pyridine rings is 1. The summed E-state index contributed by atoms with van der Waals surface area (Å²) in [6.45, 7) is 5.48. The molecule has 0 fully saturated rings. The van der Waals surface area contributed by atoms with E-state index in [-0.39, 0.29) is 5.43 Å². The fraction of sp³-hybridized carbons (Fsp3) is 0.143. The first-order valence-corrected chi connectivity index (χ1v) is 8.16. The third-order valence-corrected chi connectivity index (χ3v) is 4.71. The van der Waals surface area contributed by atoms with Gasteiger partial charge in [-0.2, -0.15) is 0 Å². The van der Waals surface area contributed by atoms with E-state index in [4.69, 9.17) is 0 Å². The fourth-order valence-corrected chi connectivity index (χ4v) is 3.37. The second-order valence-electron chi connectivity index (χ2n) is 4.10. The maximum absolute atomic E-state index is 12.1. The Kier molecular flexibility index (Phi) is 5.68. The average molecular weight is 334 g/mol. The smallest absolute Gasteiger partial charge is 0.213 e. The second-order valence-corrected chi connectivity index (χ2v) is 6.30. The molecule has 114 valence electrons. The van der Waals surface area contributed by atoms with E-state index < -0.39 is 0 Å². The number of carbonyl (C=O) groups is 1. The summed E-state index contributed by atoms with van der Waals surface area (Å²) in [7, 11) is 0. The quantitative estimate of drug-likeness (QED) is 0.465. The van der Waals surface area contributed by atoms with Crippen LogP contribution in [-0.2, 0) is 10.5 Å². The molecule has 8 heteroatoms. The number of nitrogens with zero attached hydrogens (tertiary/aromatic N) is 2. The lowest BCUT2D eigenvalue weighted by Gasteiger charge is -2.00. The van der Waals surface area contributed by atoms with Gasteiger partial charge in [0.15, 0.2) is 9.77 Å². The van der Waals surface area contributed by atoms with Crippen LogP contribution in [0, 0.1) is 0 Å². The Morgan fingerprint density at radius 2 is 2.32 bits per heavy atom. The van der Waals surface area contributed by atoms with E-state index in [9.17, 15) is 9.59 Å². The molecule has 0 radical (unpaired) electrons. The fourth-order valence-electron chi connectivity index (χ4n) is 1.76. The van der Waals surface area contributed by atoms with Crippen LogP contribution in [-0.4, -0.2) is 21.6 Å². The summed E-state index contributed by atoms with van der Waals surface area (Å²) in [4.78, 5) is 25.7. The first-order chi connectivity index (χ1) is 10.7. The third kappa shape index (κ3) is 3.92. The zero-order chi connectivity index (χ0) is 15.9. The number of allylic oxidation sites excluding steroid dienone is 1. The van der Waals surface area contributed by atoms with Gasteiger partial charge in [0, 0.05) is 28.1 Å². The van der Waals surface area contributed by atoms with Crippen LogP contribution in [0.5, 0.6) is 0 Å². The number of rotatable bonds is 6. The van der Waals surface area contributed by atoms with Gasteiger partial charge >= 0.3 is 0 Å². The number of H-pyrrole nitrogens is 1. The number of thioether (sulfide) groups is 1. The third-order valence-electron chi connectivity index (χ3n) is 2.67. The Hall–Kier alpha value is -2.19. The highest BCUT2D eigenvalue weighted by Gasteiger charge is 2.05. The van der Waals surface area contributed by atoms with E-state index in [0.717, 1.165) is 11.0 Å². The molecule has 0 saturated heterocycles. The topological polar surface area (TPSA) is 87.7 Å². The minimum absolute atomic E-state index is 0.0528. The molecule has 22 heavy (non-hydrogen) atoms. The van der Waals surface area contributed by atoms with Gasteiger partial charge in [-0.25, -0.2) is 0 Å². The van der Waals surface area contributed by atoms with Crippen molar-refractivity contribution < 1.29 is 4.79 Å². The number of carbonyl (C=O) groups excluding carboxylic acids is 1. The minimum atomic E-state index is -0.0528. The van der Waals surface area contributed by atoms with Gasteiger partial charge in [0.05, 0.1) is 0 Å². The van der Waals surface area contributed by atoms with Crippen molar-refractivity contribution in [3.05, 3.63) is 45.2 Å². The monoisotopic (exact) mass is 334 g/mol. The number of amides is 1. The maximum atomic E-state index is 12.1. The van der Waals surface area contributed by atoms with Crippen LogP contribution < -0.4 is 21.3 Å². The molecule has 2 heterocycles. The molecule has 0 saturated carbocycles. The Balaban J connectivity index is 2.21. The summed E-state index contributed by atoms with van der Waals surface area (Å²) >= 11 is 2.72. The van der Waals surface area contributed by atoms with Crippen LogP contribution in [0.4, 0.5) is 5.13 Å².